The molecular formula is C19H27Cl2N4O4+. The highest BCUT2D eigenvalue weighted by molar-refractivity contribution is 6.12. The second-order valence-electron chi connectivity index (χ2n) is 6.97. The SMILES string of the molecule is COc1ccc([NH+]([O-])O)c2c(NCCC[N+](C)(C)O)c3ccccc3nc12.Cl.Cl. The molecule has 1 unspecified atom stereocenters. The summed E-state index contributed by atoms with van der Waals surface area (Å²) < 4.78 is 5.30. The highest BCUT2D eigenvalue weighted by atomic mass is 35.5. The number of rotatable bonds is 7. The van der Waals surface area contributed by atoms with Crippen LogP contribution in [0.2, 0.25) is 0 Å². The Bertz CT molecular complexity index is 964. The molecule has 3 aromatic rings. The summed E-state index contributed by atoms with van der Waals surface area (Å²) in [4.78, 5) is 4.65. The number of anilines is 1. The van der Waals surface area contributed by atoms with Crippen molar-refractivity contribution >= 4 is 58.0 Å². The first-order valence-electron chi connectivity index (χ1n) is 8.74. The van der Waals surface area contributed by atoms with Crippen LogP contribution in [-0.2, 0) is 0 Å². The summed E-state index contributed by atoms with van der Waals surface area (Å²) in [5.74, 6) is 0.525. The Labute approximate surface area is 181 Å². The van der Waals surface area contributed by atoms with Crippen molar-refractivity contribution in [2.45, 2.75) is 6.42 Å². The third-order valence-electron chi connectivity index (χ3n) is 4.43. The predicted octanol–water partition coefficient (Wildman–Crippen LogP) is 2.91. The molecule has 160 valence electrons. The molecule has 0 aliphatic heterocycles. The topological polar surface area (TPSA) is 102 Å². The molecular weight excluding hydrogens is 419 g/mol. The number of halogens is 2. The zero-order valence-corrected chi connectivity index (χ0v) is 18.1. The van der Waals surface area contributed by atoms with E-state index in [0.29, 0.717) is 36.2 Å². The quantitative estimate of drug-likeness (QED) is 0.193. The van der Waals surface area contributed by atoms with E-state index in [1.54, 1.807) is 33.3 Å². The van der Waals surface area contributed by atoms with Crippen LogP contribution < -0.4 is 15.3 Å². The number of hydrogen-bond acceptors (Lipinski definition) is 6. The van der Waals surface area contributed by atoms with Crippen molar-refractivity contribution in [3.63, 3.8) is 0 Å². The molecule has 0 bridgehead atoms. The van der Waals surface area contributed by atoms with Gasteiger partial charge in [-0.05, 0) is 12.1 Å². The number of nitrogens with zero attached hydrogens (tertiary/aromatic N) is 2. The maximum atomic E-state index is 11.8. The third kappa shape index (κ3) is 5.58. The van der Waals surface area contributed by atoms with Crippen LogP contribution in [0.5, 0.6) is 5.75 Å². The Morgan fingerprint density at radius 1 is 1.17 bits per heavy atom. The lowest BCUT2D eigenvalue weighted by atomic mass is 10.1. The van der Waals surface area contributed by atoms with Gasteiger partial charge in [0.25, 0.3) is 0 Å². The van der Waals surface area contributed by atoms with Gasteiger partial charge in [0.1, 0.15) is 17.8 Å². The number of para-hydroxylation sites is 1. The second kappa shape index (κ2) is 10.2. The highest BCUT2D eigenvalue weighted by Gasteiger charge is 2.20. The largest absolute Gasteiger partial charge is 0.595 e. The van der Waals surface area contributed by atoms with E-state index in [0.717, 1.165) is 16.6 Å². The van der Waals surface area contributed by atoms with Crippen molar-refractivity contribution in [2.24, 2.45) is 0 Å². The van der Waals surface area contributed by atoms with Gasteiger partial charge in [0.2, 0.25) is 0 Å². The van der Waals surface area contributed by atoms with Crippen LogP contribution in [0.1, 0.15) is 6.42 Å². The monoisotopic (exact) mass is 445 g/mol. The summed E-state index contributed by atoms with van der Waals surface area (Å²) in [7, 11) is 4.97. The Hall–Kier alpha value is -1.91. The molecule has 8 nitrogen and oxygen atoms in total. The first-order chi connectivity index (χ1) is 12.8. The average Bonchev–Trinajstić information content (AvgIpc) is 2.62. The zero-order chi connectivity index (χ0) is 19.6. The fraction of sp³-hybridized carbons (Fsp3) is 0.316. The van der Waals surface area contributed by atoms with Crippen LogP contribution in [0.3, 0.4) is 0 Å². The summed E-state index contributed by atoms with van der Waals surface area (Å²) in [6, 6.07) is 10.8. The van der Waals surface area contributed by atoms with Gasteiger partial charge in [-0.25, -0.2) is 15.4 Å². The Kier molecular flexibility index (Phi) is 8.85. The van der Waals surface area contributed by atoms with Crippen LogP contribution in [0.25, 0.3) is 21.8 Å². The molecule has 0 aliphatic rings. The molecule has 0 amide bonds. The molecule has 1 heterocycles. The fourth-order valence-electron chi connectivity index (χ4n) is 3.18. The van der Waals surface area contributed by atoms with E-state index >= 15 is 0 Å². The number of nitrogens with one attached hydrogen (secondary N) is 2. The van der Waals surface area contributed by atoms with Crippen molar-refractivity contribution in [3.8, 4) is 5.75 Å². The molecule has 2 aromatic carbocycles. The molecule has 29 heavy (non-hydrogen) atoms. The first-order valence-corrected chi connectivity index (χ1v) is 8.74. The Morgan fingerprint density at radius 3 is 2.48 bits per heavy atom. The van der Waals surface area contributed by atoms with Crippen molar-refractivity contribution in [3.05, 3.63) is 41.6 Å². The Balaban J connectivity index is 0.00000210. The predicted molar refractivity (Wildman–Crippen MR) is 118 cm³/mol. The molecule has 0 saturated heterocycles. The van der Waals surface area contributed by atoms with Gasteiger partial charge in [0, 0.05) is 24.4 Å². The van der Waals surface area contributed by atoms with E-state index in [1.807, 2.05) is 24.3 Å². The van der Waals surface area contributed by atoms with E-state index in [1.165, 1.54) is 0 Å². The molecule has 0 radical (unpaired) electrons. The number of hydrogen-bond donors (Lipinski definition) is 4. The number of pyridine rings is 1. The van der Waals surface area contributed by atoms with E-state index in [4.69, 9.17) is 4.74 Å². The molecule has 1 atom stereocenters. The number of fused-ring (bicyclic) bond motifs is 2. The molecule has 4 N–H and O–H groups in total. The number of hydroxylamine groups is 3. The average molecular weight is 446 g/mol. The van der Waals surface area contributed by atoms with E-state index < -0.39 is 5.23 Å². The van der Waals surface area contributed by atoms with Gasteiger partial charge in [0.05, 0.1) is 37.8 Å². The maximum Gasteiger partial charge on any atom is 0.175 e. The van der Waals surface area contributed by atoms with Gasteiger partial charge in [-0.3, -0.25) is 0 Å². The van der Waals surface area contributed by atoms with Crippen molar-refractivity contribution in [2.75, 3.05) is 39.6 Å². The third-order valence-corrected chi connectivity index (χ3v) is 4.43. The van der Waals surface area contributed by atoms with Crippen LogP contribution in [0, 0.1) is 5.21 Å². The molecule has 0 aliphatic carbocycles. The van der Waals surface area contributed by atoms with Crippen molar-refractivity contribution in [1.29, 1.82) is 0 Å². The number of quaternary nitrogens is 2. The van der Waals surface area contributed by atoms with E-state index in [2.05, 4.69) is 10.3 Å². The second-order valence-corrected chi connectivity index (χ2v) is 6.97. The standard InChI is InChI=1S/C19H25N4O4.2ClH/c1-23(2,26)12-6-11-20-18-13-7-4-5-8-14(13)21-19-16(27-3)10-9-15(17(18)19)22(24)25;;/h4-5,7-10,22,24,26H,6,11-12H2,1-3H3,(H,20,21);2*1H/q+1;;. The molecule has 0 spiro atoms. The molecule has 3 rings (SSSR count). The van der Waals surface area contributed by atoms with Crippen LogP contribution in [-0.4, -0.2) is 54.3 Å². The van der Waals surface area contributed by atoms with Crippen LogP contribution in [0.15, 0.2) is 36.4 Å². The summed E-state index contributed by atoms with van der Waals surface area (Å²) in [6.07, 6.45) is 0.716. The van der Waals surface area contributed by atoms with Gasteiger partial charge in [-0.2, -0.15) is 9.87 Å². The van der Waals surface area contributed by atoms with E-state index in [9.17, 15) is 15.6 Å². The first kappa shape index (κ1) is 25.1. The number of methoxy groups -OCH3 is 1. The van der Waals surface area contributed by atoms with Gasteiger partial charge >= 0.3 is 0 Å². The summed E-state index contributed by atoms with van der Waals surface area (Å²) in [5.41, 5.74) is 2.16. The van der Waals surface area contributed by atoms with Gasteiger partial charge in [-0.1, -0.05) is 18.2 Å². The minimum absolute atomic E-state index is 0. The van der Waals surface area contributed by atoms with Gasteiger partial charge in [-0.15, -0.1) is 24.8 Å². The Morgan fingerprint density at radius 2 is 1.86 bits per heavy atom. The van der Waals surface area contributed by atoms with Crippen LogP contribution >= 0.6 is 24.8 Å². The molecule has 0 fully saturated rings. The smallest absolute Gasteiger partial charge is 0.175 e. The summed E-state index contributed by atoms with van der Waals surface area (Å²) in [6.45, 7) is 1.16. The van der Waals surface area contributed by atoms with Crippen molar-refractivity contribution < 1.29 is 25.0 Å². The lowest BCUT2D eigenvalue weighted by molar-refractivity contribution is -1.07. The normalized spacial score (nSPS) is 12.2. The van der Waals surface area contributed by atoms with Gasteiger partial charge in [0.15, 0.2) is 5.69 Å². The van der Waals surface area contributed by atoms with Crippen LogP contribution in [0.4, 0.5) is 11.4 Å². The molecule has 10 heteroatoms. The zero-order valence-electron chi connectivity index (χ0n) is 16.5. The summed E-state index contributed by atoms with van der Waals surface area (Å²) in [5, 5.41) is 35.1. The number of ether oxygens (including phenoxy) is 1. The molecule has 0 saturated carbocycles. The van der Waals surface area contributed by atoms with Crippen molar-refractivity contribution in [1.82, 2.24) is 4.98 Å². The minimum atomic E-state index is -1.02. The lowest BCUT2D eigenvalue weighted by Gasteiger charge is -2.21. The lowest BCUT2D eigenvalue weighted by Crippen LogP contribution is -2.99. The highest BCUT2D eigenvalue weighted by Crippen LogP contribution is 2.38. The van der Waals surface area contributed by atoms with Gasteiger partial charge < -0.3 is 15.3 Å². The molecule has 1 aromatic heterocycles. The number of benzene rings is 2. The van der Waals surface area contributed by atoms with E-state index in [-0.39, 0.29) is 35.1 Å². The fourth-order valence-corrected chi connectivity index (χ4v) is 3.18. The maximum absolute atomic E-state index is 11.8. The minimum Gasteiger partial charge on any atom is -0.595 e. The summed E-state index contributed by atoms with van der Waals surface area (Å²) >= 11 is 0. The number of aromatic nitrogens is 1.